The van der Waals surface area contributed by atoms with Crippen molar-refractivity contribution < 1.29 is 13.2 Å². The molecule has 0 bridgehead atoms. The van der Waals surface area contributed by atoms with Gasteiger partial charge in [0.25, 0.3) is 0 Å². The molecule has 0 heterocycles. The van der Waals surface area contributed by atoms with Crippen molar-refractivity contribution in [1.82, 2.24) is 5.32 Å². The van der Waals surface area contributed by atoms with E-state index in [0.717, 1.165) is 0 Å². The molecule has 1 nitrogen and oxygen atoms in total. The Morgan fingerprint density at radius 2 is 1.88 bits per heavy atom. The molecule has 1 N–H and O–H groups in total. The van der Waals surface area contributed by atoms with Crippen LogP contribution in [-0.2, 0) is 6.54 Å². The molecule has 1 aromatic carbocycles. The molecule has 0 amide bonds. The highest BCUT2D eigenvalue weighted by Gasteiger charge is 2.25. The van der Waals surface area contributed by atoms with Gasteiger partial charge in [0.1, 0.15) is 0 Å². The van der Waals surface area contributed by atoms with Crippen molar-refractivity contribution in [2.24, 2.45) is 0 Å². The van der Waals surface area contributed by atoms with Gasteiger partial charge in [0, 0.05) is 23.1 Å². The van der Waals surface area contributed by atoms with Crippen molar-refractivity contribution in [3.63, 3.8) is 0 Å². The highest BCUT2D eigenvalue weighted by molar-refractivity contribution is 6.33. The lowest BCUT2D eigenvalue weighted by molar-refractivity contribution is -0.133. The normalized spacial score (nSPS) is 11.8. The Kier molecular flexibility index (Phi) is 4.89. The quantitative estimate of drug-likeness (QED) is 0.816. The number of hydrogen-bond acceptors (Lipinski definition) is 1. The monoisotopic (exact) mass is 271 g/mol. The zero-order chi connectivity index (χ0) is 12.2. The molecule has 90 valence electrons. The first-order chi connectivity index (χ1) is 7.38. The molecule has 16 heavy (non-hydrogen) atoms. The van der Waals surface area contributed by atoms with Gasteiger partial charge in [0.2, 0.25) is 0 Å². The third-order valence-corrected chi connectivity index (χ3v) is 2.51. The molecule has 0 atom stereocenters. The maximum absolute atomic E-state index is 11.8. The smallest absolute Gasteiger partial charge is 0.312 e. The van der Waals surface area contributed by atoms with E-state index in [1.165, 1.54) is 0 Å². The summed E-state index contributed by atoms with van der Waals surface area (Å²) in [6, 6.07) is 4.87. The summed E-state index contributed by atoms with van der Waals surface area (Å²) in [7, 11) is 0. The average Bonchev–Trinajstić information content (AvgIpc) is 2.16. The zero-order valence-electron chi connectivity index (χ0n) is 8.24. The van der Waals surface area contributed by atoms with E-state index in [9.17, 15) is 13.2 Å². The van der Waals surface area contributed by atoms with Gasteiger partial charge in [-0.3, -0.25) is 0 Å². The largest absolute Gasteiger partial charge is 0.390 e. The zero-order valence-corrected chi connectivity index (χ0v) is 9.76. The Bertz CT molecular complexity index is 352. The predicted molar refractivity (Wildman–Crippen MR) is 58.8 cm³/mol. The molecule has 0 fully saturated rings. The van der Waals surface area contributed by atoms with Gasteiger partial charge in [0.15, 0.2) is 0 Å². The van der Waals surface area contributed by atoms with Gasteiger partial charge in [-0.05, 0) is 23.8 Å². The number of hydrogen-bond donors (Lipinski definition) is 1. The lowest BCUT2D eigenvalue weighted by Crippen LogP contribution is -2.21. The summed E-state index contributed by atoms with van der Waals surface area (Å²) in [4.78, 5) is 0. The summed E-state index contributed by atoms with van der Waals surface area (Å²) in [5.41, 5.74) is 0.691. The van der Waals surface area contributed by atoms with Gasteiger partial charge in [-0.1, -0.05) is 23.2 Å². The third-order valence-electron chi connectivity index (χ3n) is 1.91. The molecular weight excluding hydrogens is 262 g/mol. The summed E-state index contributed by atoms with van der Waals surface area (Å²) in [6.45, 7) is 0.141. The summed E-state index contributed by atoms with van der Waals surface area (Å²) in [5, 5.41) is 3.66. The van der Waals surface area contributed by atoms with Crippen LogP contribution in [0.15, 0.2) is 18.2 Å². The van der Waals surface area contributed by atoms with Crippen LogP contribution in [0.1, 0.15) is 12.0 Å². The van der Waals surface area contributed by atoms with Crippen LogP contribution in [0.4, 0.5) is 13.2 Å². The SMILES string of the molecule is FC(F)(F)CCNCc1cc(Cl)ccc1Cl. The van der Waals surface area contributed by atoms with E-state index >= 15 is 0 Å². The Labute approximate surface area is 102 Å². The van der Waals surface area contributed by atoms with Gasteiger partial charge in [-0.25, -0.2) is 0 Å². The number of halogens is 5. The Morgan fingerprint density at radius 1 is 1.19 bits per heavy atom. The van der Waals surface area contributed by atoms with Crippen molar-refractivity contribution in [1.29, 1.82) is 0 Å². The Hall–Kier alpha value is -0.450. The summed E-state index contributed by atoms with van der Waals surface area (Å²) >= 11 is 11.6. The number of benzene rings is 1. The fourth-order valence-electron chi connectivity index (χ4n) is 1.13. The van der Waals surface area contributed by atoms with Crippen LogP contribution in [0, 0.1) is 0 Å². The second-order valence-electron chi connectivity index (χ2n) is 3.28. The van der Waals surface area contributed by atoms with E-state index in [-0.39, 0.29) is 13.1 Å². The third kappa shape index (κ3) is 5.05. The minimum absolute atomic E-state index is 0.133. The number of alkyl halides is 3. The van der Waals surface area contributed by atoms with Gasteiger partial charge >= 0.3 is 6.18 Å². The molecule has 0 unspecified atom stereocenters. The fourth-order valence-corrected chi connectivity index (χ4v) is 1.51. The minimum Gasteiger partial charge on any atom is -0.312 e. The summed E-state index contributed by atoms with van der Waals surface area (Å²) in [5.74, 6) is 0. The topological polar surface area (TPSA) is 12.0 Å². The maximum atomic E-state index is 11.8. The van der Waals surface area contributed by atoms with Crippen LogP contribution in [-0.4, -0.2) is 12.7 Å². The molecule has 0 aliphatic rings. The van der Waals surface area contributed by atoms with Crippen molar-refractivity contribution in [2.45, 2.75) is 19.1 Å². The Balaban J connectivity index is 2.40. The van der Waals surface area contributed by atoms with E-state index in [2.05, 4.69) is 5.32 Å². The standard InChI is InChI=1S/C10H10Cl2F3N/c11-8-1-2-9(12)7(5-8)6-16-4-3-10(13,14)15/h1-2,5,16H,3-4,6H2. The molecule has 0 aromatic heterocycles. The van der Waals surface area contributed by atoms with Crippen LogP contribution in [0.5, 0.6) is 0 Å². The van der Waals surface area contributed by atoms with Crippen LogP contribution < -0.4 is 5.32 Å². The minimum atomic E-state index is -4.13. The van der Waals surface area contributed by atoms with E-state index in [1.54, 1.807) is 18.2 Å². The second-order valence-corrected chi connectivity index (χ2v) is 4.12. The molecule has 6 heteroatoms. The van der Waals surface area contributed by atoms with Crippen LogP contribution >= 0.6 is 23.2 Å². The van der Waals surface area contributed by atoms with Crippen molar-refractivity contribution in [3.05, 3.63) is 33.8 Å². The first kappa shape index (κ1) is 13.6. The molecule has 0 spiro atoms. The molecule has 0 saturated heterocycles. The van der Waals surface area contributed by atoms with Crippen LogP contribution in [0.3, 0.4) is 0 Å². The van der Waals surface area contributed by atoms with Gasteiger partial charge in [-0.15, -0.1) is 0 Å². The van der Waals surface area contributed by atoms with Crippen molar-refractivity contribution >= 4 is 23.2 Å². The van der Waals surface area contributed by atoms with Crippen molar-refractivity contribution in [2.75, 3.05) is 6.54 Å². The molecule has 0 aliphatic carbocycles. The van der Waals surface area contributed by atoms with E-state index in [4.69, 9.17) is 23.2 Å². The van der Waals surface area contributed by atoms with Crippen LogP contribution in [0.2, 0.25) is 10.0 Å². The first-order valence-electron chi connectivity index (χ1n) is 4.60. The fraction of sp³-hybridized carbons (Fsp3) is 0.400. The Morgan fingerprint density at radius 3 is 2.50 bits per heavy atom. The van der Waals surface area contributed by atoms with E-state index in [1.807, 2.05) is 0 Å². The highest BCUT2D eigenvalue weighted by Crippen LogP contribution is 2.21. The first-order valence-corrected chi connectivity index (χ1v) is 5.35. The van der Waals surface area contributed by atoms with Gasteiger partial charge < -0.3 is 5.32 Å². The number of nitrogens with one attached hydrogen (secondary N) is 1. The second kappa shape index (κ2) is 5.75. The summed E-state index contributed by atoms with van der Waals surface area (Å²) < 4.78 is 35.5. The van der Waals surface area contributed by atoms with Crippen LogP contribution in [0.25, 0.3) is 0 Å². The molecular formula is C10H10Cl2F3N. The van der Waals surface area contributed by atoms with E-state index < -0.39 is 12.6 Å². The molecule has 0 saturated carbocycles. The molecule has 1 rings (SSSR count). The lowest BCUT2D eigenvalue weighted by atomic mass is 10.2. The molecule has 0 aliphatic heterocycles. The number of rotatable bonds is 4. The molecule has 0 radical (unpaired) electrons. The average molecular weight is 272 g/mol. The van der Waals surface area contributed by atoms with E-state index in [0.29, 0.717) is 15.6 Å². The van der Waals surface area contributed by atoms with Crippen molar-refractivity contribution in [3.8, 4) is 0 Å². The van der Waals surface area contributed by atoms with Gasteiger partial charge in [0.05, 0.1) is 6.42 Å². The highest BCUT2D eigenvalue weighted by atomic mass is 35.5. The molecule has 1 aromatic rings. The maximum Gasteiger partial charge on any atom is 0.390 e. The lowest BCUT2D eigenvalue weighted by Gasteiger charge is -2.09. The summed E-state index contributed by atoms with van der Waals surface area (Å²) in [6.07, 6.45) is -4.99. The predicted octanol–water partition coefficient (Wildman–Crippen LogP) is 4.04. The van der Waals surface area contributed by atoms with Gasteiger partial charge in [-0.2, -0.15) is 13.2 Å².